The first-order valence-electron chi connectivity index (χ1n) is 15.7. The molecular weight excluding hydrogens is 708 g/mol. The number of rotatable bonds is 10. The van der Waals surface area contributed by atoms with E-state index in [1.165, 1.54) is 0 Å². The summed E-state index contributed by atoms with van der Waals surface area (Å²) in [6, 6.07) is 8.01. The fraction of sp³-hybridized carbons (Fsp3) is 0.455. The Hall–Kier alpha value is -3.73. The van der Waals surface area contributed by atoms with Crippen molar-refractivity contribution in [1.29, 1.82) is 0 Å². The number of ketones is 1. The van der Waals surface area contributed by atoms with Crippen molar-refractivity contribution >= 4 is 31.5 Å². The number of morpholine rings is 1. The van der Waals surface area contributed by atoms with Gasteiger partial charge in [-0.2, -0.15) is 26.3 Å². The molecule has 9 nitrogen and oxygen atoms in total. The molecule has 0 aliphatic carbocycles. The molecule has 2 aromatic carbocycles. The summed E-state index contributed by atoms with van der Waals surface area (Å²) < 4.78 is 101. The lowest BCUT2D eigenvalue weighted by molar-refractivity contribution is -0.143. The van der Waals surface area contributed by atoms with Gasteiger partial charge in [0, 0.05) is 31.7 Å². The van der Waals surface area contributed by atoms with Crippen LogP contribution in [0.3, 0.4) is 0 Å². The maximum atomic E-state index is 14.6. The van der Waals surface area contributed by atoms with E-state index < -0.39 is 44.1 Å². The molecule has 1 aliphatic rings. The second kappa shape index (κ2) is 14.1. The van der Waals surface area contributed by atoms with Gasteiger partial charge in [-0.25, -0.2) is 4.68 Å². The third-order valence-corrected chi connectivity index (χ3v) is 13.8. The molecule has 0 N–H and O–H groups in total. The fourth-order valence-electron chi connectivity index (χ4n) is 5.23. The van der Waals surface area contributed by atoms with Crippen LogP contribution in [0.4, 0.5) is 32.2 Å². The normalized spacial score (nSPS) is 14.8. The number of benzene rings is 2. The summed E-state index contributed by atoms with van der Waals surface area (Å²) in [5.74, 6) is -0.380. The van der Waals surface area contributed by atoms with Crippen molar-refractivity contribution in [3.05, 3.63) is 81.2 Å². The molecule has 0 radical (unpaired) electrons. The smallest absolute Gasteiger partial charge is 0.416 e. The topological polar surface area (TPSA) is 95.5 Å². The minimum Gasteiger partial charge on any atom is -0.416 e. The van der Waals surface area contributed by atoms with Gasteiger partial charge in [0.15, 0.2) is 25.6 Å². The minimum absolute atomic E-state index is 0.0388. The Kier molecular flexibility index (Phi) is 10.6. The first-order valence-corrected chi connectivity index (χ1v) is 19.0. The number of aromatic nitrogens is 4. The highest BCUT2D eigenvalue weighted by Gasteiger charge is 2.39. The van der Waals surface area contributed by atoms with Crippen molar-refractivity contribution in [1.82, 2.24) is 20.2 Å². The van der Waals surface area contributed by atoms with E-state index in [1.54, 1.807) is 29.2 Å². The van der Waals surface area contributed by atoms with Gasteiger partial charge in [-0.05, 0) is 48.0 Å². The maximum Gasteiger partial charge on any atom is 0.416 e. The van der Waals surface area contributed by atoms with E-state index in [2.05, 4.69) is 49.3 Å². The van der Waals surface area contributed by atoms with Gasteiger partial charge >= 0.3 is 12.4 Å². The Morgan fingerprint density at radius 3 is 2.18 bits per heavy atom. The highest BCUT2D eigenvalue weighted by atomic mass is 35.5. The molecular formula is C33H36ClF6N5O4Si. The van der Waals surface area contributed by atoms with Gasteiger partial charge in [-0.15, -0.1) is 5.10 Å². The maximum absolute atomic E-state index is 14.6. The first kappa shape index (κ1) is 37.5. The molecule has 0 unspecified atom stereocenters. The molecule has 17 heteroatoms. The standard InChI is InChI=1S/C33H36ClF6N5O4Si/c1-31(2,3)50(4,5)48-13-10-25-26(27(42-49-25)23-8-6-7-9-24(23)34)29(46)28-30(44-11-14-47-15-12-44)45(43-41-28)19-20-16-21(32(35,36)37)18-22(17-20)33(38,39)40/h6-9,16-18H,10-15,19H2,1-5H3. The molecule has 4 aromatic rings. The van der Waals surface area contributed by atoms with E-state index in [0.29, 0.717) is 22.7 Å². The van der Waals surface area contributed by atoms with Crippen LogP contribution in [0.1, 0.15) is 59.3 Å². The van der Waals surface area contributed by atoms with E-state index in [0.717, 1.165) is 4.68 Å². The molecule has 0 bridgehead atoms. The van der Waals surface area contributed by atoms with Gasteiger partial charge in [0.05, 0.1) is 41.5 Å². The molecule has 0 amide bonds. The summed E-state index contributed by atoms with van der Waals surface area (Å²) >= 11 is 6.52. The molecule has 5 rings (SSSR count). The Morgan fingerprint density at radius 2 is 1.60 bits per heavy atom. The molecule has 1 fully saturated rings. The highest BCUT2D eigenvalue weighted by Crippen LogP contribution is 2.39. The predicted molar refractivity (Wildman–Crippen MR) is 176 cm³/mol. The molecule has 0 spiro atoms. The summed E-state index contributed by atoms with van der Waals surface area (Å²) in [5, 5.41) is 12.6. The minimum atomic E-state index is -5.04. The zero-order chi connectivity index (χ0) is 36.6. The quantitative estimate of drug-likeness (QED) is 0.0910. The second-order valence-electron chi connectivity index (χ2n) is 13.4. The Morgan fingerprint density at radius 1 is 0.980 bits per heavy atom. The largest absolute Gasteiger partial charge is 0.416 e. The van der Waals surface area contributed by atoms with E-state index >= 15 is 0 Å². The van der Waals surface area contributed by atoms with Gasteiger partial charge in [-0.3, -0.25) is 4.79 Å². The number of alkyl halides is 6. The number of carbonyl (C=O) groups is 1. The zero-order valence-corrected chi connectivity index (χ0v) is 29.8. The lowest BCUT2D eigenvalue weighted by Crippen LogP contribution is -2.41. The lowest BCUT2D eigenvalue weighted by Gasteiger charge is -2.36. The van der Waals surface area contributed by atoms with E-state index in [4.69, 9.17) is 25.3 Å². The van der Waals surface area contributed by atoms with Gasteiger partial charge in [0.2, 0.25) is 5.78 Å². The number of carbonyl (C=O) groups excluding carboxylic acids is 1. The van der Waals surface area contributed by atoms with Gasteiger partial charge in [-0.1, -0.05) is 60.9 Å². The Labute approximate surface area is 290 Å². The molecule has 3 heterocycles. The highest BCUT2D eigenvalue weighted by molar-refractivity contribution is 6.74. The van der Waals surface area contributed by atoms with Gasteiger partial charge < -0.3 is 18.6 Å². The number of nitrogens with zero attached hydrogens (tertiary/aromatic N) is 5. The molecule has 1 aliphatic heterocycles. The summed E-state index contributed by atoms with van der Waals surface area (Å²) in [7, 11) is -2.18. The first-order chi connectivity index (χ1) is 23.3. The summed E-state index contributed by atoms with van der Waals surface area (Å²) in [6.07, 6.45) is -9.92. The van der Waals surface area contributed by atoms with Crippen LogP contribution < -0.4 is 4.90 Å². The number of ether oxygens (including phenoxy) is 1. The average molecular weight is 744 g/mol. The van der Waals surface area contributed by atoms with Crippen LogP contribution in [0.2, 0.25) is 23.2 Å². The summed E-state index contributed by atoms with van der Waals surface area (Å²) in [4.78, 5) is 16.3. The van der Waals surface area contributed by atoms with Crippen molar-refractivity contribution in [3.63, 3.8) is 0 Å². The van der Waals surface area contributed by atoms with Crippen LogP contribution in [0.5, 0.6) is 0 Å². The van der Waals surface area contributed by atoms with Crippen LogP contribution in [0.25, 0.3) is 11.3 Å². The van der Waals surface area contributed by atoms with Crippen LogP contribution in [-0.2, 0) is 34.5 Å². The lowest BCUT2D eigenvalue weighted by atomic mass is 9.99. The average Bonchev–Trinajstić information content (AvgIpc) is 3.64. The van der Waals surface area contributed by atoms with Gasteiger partial charge in [0.25, 0.3) is 0 Å². The zero-order valence-electron chi connectivity index (χ0n) is 28.0. The Bertz CT molecular complexity index is 1810. The summed E-state index contributed by atoms with van der Waals surface area (Å²) in [6.45, 7) is 11.1. The molecule has 1 saturated heterocycles. The predicted octanol–water partition coefficient (Wildman–Crippen LogP) is 8.30. The monoisotopic (exact) mass is 743 g/mol. The number of halogens is 7. The van der Waals surface area contributed by atoms with E-state index in [9.17, 15) is 31.1 Å². The van der Waals surface area contributed by atoms with Crippen LogP contribution in [-0.4, -0.2) is 67.2 Å². The van der Waals surface area contributed by atoms with Crippen molar-refractivity contribution in [2.45, 2.75) is 64.2 Å². The van der Waals surface area contributed by atoms with E-state index in [-0.39, 0.29) is 84.5 Å². The van der Waals surface area contributed by atoms with Crippen molar-refractivity contribution in [2.75, 3.05) is 37.8 Å². The Balaban J connectivity index is 1.60. The molecule has 50 heavy (non-hydrogen) atoms. The fourth-order valence-corrected chi connectivity index (χ4v) is 6.50. The van der Waals surface area contributed by atoms with Crippen molar-refractivity contribution in [3.8, 4) is 11.3 Å². The van der Waals surface area contributed by atoms with Crippen LogP contribution >= 0.6 is 11.6 Å². The summed E-state index contributed by atoms with van der Waals surface area (Å²) in [5.41, 5.74) is -2.89. The number of hydrogen-bond donors (Lipinski definition) is 0. The number of anilines is 1. The van der Waals surface area contributed by atoms with E-state index in [1.807, 2.05) is 0 Å². The molecule has 0 atom stereocenters. The van der Waals surface area contributed by atoms with Crippen LogP contribution in [0.15, 0.2) is 47.0 Å². The third-order valence-electron chi connectivity index (χ3n) is 8.93. The van der Waals surface area contributed by atoms with Crippen LogP contribution in [0, 0.1) is 0 Å². The molecule has 2 aromatic heterocycles. The second-order valence-corrected chi connectivity index (χ2v) is 18.6. The van der Waals surface area contributed by atoms with Gasteiger partial charge in [0.1, 0.15) is 5.69 Å². The number of hydrogen-bond acceptors (Lipinski definition) is 8. The third kappa shape index (κ3) is 8.08. The SMILES string of the molecule is CC(C)(C)[Si](C)(C)OCCc1onc(-c2ccccc2Cl)c1C(=O)c1nnn(Cc2cc(C(F)(F)F)cc(C(F)(F)F)c2)c1N1CCOCC1. The molecule has 0 saturated carbocycles. The van der Waals surface area contributed by atoms with Crippen molar-refractivity contribution < 1.29 is 44.8 Å². The molecule has 270 valence electrons. The van der Waals surface area contributed by atoms with Crippen molar-refractivity contribution in [2.24, 2.45) is 0 Å².